The fourth-order valence-electron chi connectivity index (χ4n) is 3.73. The highest BCUT2D eigenvalue weighted by Gasteiger charge is 2.33. The molecule has 1 atom stereocenters. The normalized spacial score (nSPS) is 16.7. The predicted octanol–water partition coefficient (Wildman–Crippen LogP) is 1.55. The third-order valence-corrected chi connectivity index (χ3v) is 5.36. The van der Waals surface area contributed by atoms with Crippen LogP contribution in [-0.4, -0.2) is 39.9 Å². The highest BCUT2D eigenvalue weighted by atomic mass is 19.1. The summed E-state index contributed by atoms with van der Waals surface area (Å²) in [5, 5.41) is 11.2. The lowest BCUT2D eigenvalue weighted by atomic mass is 10.1. The quantitative estimate of drug-likeness (QED) is 0.511. The van der Waals surface area contributed by atoms with Crippen LogP contribution in [0.2, 0.25) is 0 Å². The molecule has 3 N–H and O–H groups in total. The molecule has 1 unspecified atom stereocenters. The average molecular weight is 462 g/mol. The van der Waals surface area contributed by atoms with E-state index in [-0.39, 0.29) is 24.5 Å². The summed E-state index contributed by atoms with van der Waals surface area (Å²) < 4.78 is 18.4. The molecule has 10 nitrogen and oxygen atoms in total. The standard InChI is InChI=1S/C23H19FN6O4/c24-15-3-1-2-13(8-15)11-26-22(32)18-10-17(28-20-6-7-27-30(18)20)21(31)25-12-14-4-5-19-16(9-14)29-23(33)34-19/h1-5,7-10,20H,6,11-12H2,(H,25,31)(H,26,32)(H,29,33). The van der Waals surface area contributed by atoms with Gasteiger partial charge >= 0.3 is 5.76 Å². The Bertz CT molecular complexity index is 1440. The molecule has 2 amide bonds. The van der Waals surface area contributed by atoms with E-state index >= 15 is 0 Å². The number of aromatic nitrogens is 1. The molecule has 11 heteroatoms. The number of nitrogens with one attached hydrogen (secondary N) is 3. The first-order chi connectivity index (χ1) is 16.5. The molecule has 3 heterocycles. The number of halogens is 1. The molecule has 2 aromatic carbocycles. The van der Waals surface area contributed by atoms with Gasteiger partial charge in [-0.1, -0.05) is 18.2 Å². The van der Waals surface area contributed by atoms with Gasteiger partial charge in [-0.3, -0.25) is 19.6 Å². The minimum absolute atomic E-state index is 0.0976. The van der Waals surface area contributed by atoms with Crippen LogP contribution in [0.4, 0.5) is 4.39 Å². The second kappa shape index (κ2) is 8.77. The zero-order chi connectivity index (χ0) is 23.7. The van der Waals surface area contributed by atoms with Crippen LogP contribution in [0.3, 0.4) is 0 Å². The maximum Gasteiger partial charge on any atom is 0.417 e. The lowest BCUT2D eigenvalue weighted by Gasteiger charge is -2.27. The van der Waals surface area contributed by atoms with Crippen LogP contribution in [0.15, 0.2) is 73.5 Å². The van der Waals surface area contributed by atoms with Gasteiger partial charge in [-0.05, 0) is 35.4 Å². The first-order valence-electron chi connectivity index (χ1n) is 10.5. The Morgan fingerprint density at radius 1 is 1.12 bits per heavy atom. The van der Waals surface area contributed by atoms with Crippen LogP contribution in [0.1, 0.15) is 17.5 Å². The van der Waals surface area contributed by atoms with Crippen molar-refractivity contribution in [3.05, 3.63) is 81.7 Å². The molecule has 0 spiro atoms. The van der Waals surface area contributed by atoms with E-state index < -0.39 is 29.6 Å². The summed E-state index contributed by atoms with van der Waals surface area (Å²) in [6.45, 7) is 0.300. The van der Waals surface area contributed by atoms with E-state index in [0.717, 1.165) is 5.56 Å². The third-order valence-electron chi connectivity index (χ3n) is 5.36. The number of aliphatic imine (C=N–C) groups is 1. The predicted molar refractivity (Wildman–Crippen MR) is 121 cm³/mol. The molecule has 0 fully saturated rings. The zero-order valence-corrected chi connectivity index (χ0v) is 17.7. The van der Waals surface area contributed by atoms with Gasteiger partial charge in [0.2, 0.25) is 0 Å². The van der Waals surface area contributed by atoms with Crippen LogP contribution in [-0.2, 0) is 22.7 Å². The second-order valence-electron chi connectivity index (χ2n) is 7.74. The number of oxazole rings is 1. The van der Waals surface area contributed by atoms with Crippen molar-refractivity contribution >= 4 is 34.8 Å². The van der Waals surface area contributed by atoms with Crippen molar-refractivity contribution in [1.29, 1.82) is 0 Å². The van der Waals surface area contributed by atoms with Crippen molar-refractivity contribution in [2.45, 2.75) is 25.7 Å². The Balaban J connectivity index is 1.28. The number of carbonyl (C=O) groups excluding carboxylic acids is 2. The maximum absolute atomic E-state index is 13.4. The van der Waals surface area contributed by atoms with Crippen LogP contribution < -0.4 is 16.4 Å². The van der Waals surface area contributed by atoms with Crippen LogP contribution in [0.5, 0.6) is 0 Å². The SMILES string of the molecule is O=C(NCc1cccc(F)c1)C1=CC(C(=O)NCc2ccc3oc(=O)[nH]c3c2)=NC2CC=NN12. The number of carbonyl (C=O) groups is 2. The summed E-state index contributed by atoms with van der Waals surface area (Å²) >= 11 is 0. The van der Waals surface area contributed by atoms with Crippen molar-refractivity contribution in [2.75, 3.05) is 0 Å². The molecule has 3 aromatic rings. The summed E-state index contributed by atoms with van der Waals surface area (Å²) in [6, 6.07) is 11.0. The molecule has 1 aromatic heterocycles. The lowest BCUT2D eigenvalue weighted by molar-refractivity contribution is -0.119. The van der Waals surface area contributed by atoms with Gasteiger partial charge < -0.3 is 15.1 Å². The third kappa shape index (κ3) is 4.35. The van der Waals surface area contributed by atoms with E-state index in [9.17, 15) is 18.8 Å². The maximum atomic E-state index is 13.4. The Morgan fingerprint density at radius 2 is 1.91 bits per heavy atom. The molecule has 34 heavy (non-hydrogen) atoms. The summed E-state index contributed by atoms with van der Waals surface area (Å²) in [5.74, 6) is -1.85. The summed E-state index contributed by atoms with van der Waals surface area (Å²) in [4.78, 5) is 44.0. The van der Waals surface area contributed by atoms with E-state index in [1.807, 2.05) is 0 Å². The second-order valence-corrected chi connectivity index (χ2v) is 7.74. The molecule has 0 bridgehead atoms. The van der Waals surface area contributed by atoms with Gasteiger partial charge in [-0.15, -0.1) is 0 Å². The molecule has 0 radical (unpaired) electrons. The smallest absolute Gasteiger partial charge is 0.408 e. The number of nitrogens with zero attached hydrogens (tertiary/aromatic N) is 3. The fraction of sp³-hybridized carbons (Fsp3) is 0.174. The van der Waals surface area contributed by atoms with Crippen molar-refractivity contribution in [3.8, 4) is 0 Å². The van der Waals surface area contributed by atoms with Crippen LogP contribution in [0, 0.1) is 5.82 Å². The van der Waals surface area contributed by atoms with Gasteiger partial charge in [0.1, 0.15) is 23.4 Å². The van der Waals surface area contributed by atoms with E-state index in [1.165, 1.54) is 23.2 Å². The molecule has 2 aliphatic rings. The summed E-state index contributed by atoms with van der Waals surface area (Å²) in [6.07, 6.45) is 2.97. The number of benzene rings is 2. The minimum atomic E-state index is -0.551. The fourth-order valence-corrected chi connectivity index (χ4v) is 3.73. The largest absolute Gasteiger partial charge is 0.417 e. The molecular weight excluding hydrogens is 443 g/mol. The molecule has 0 saturated carbocycles. The van der Waals surface area contributed by atoms with Gasteiger partial charge in [-0.2, -0.15) is 5.10 Å². The van der Waals surface area contributed by atoms with Gasteiger partial charge in [0, 0.05) is 31.8 Å². The number of fused-ring (bicyclic) bond motifs is 2. The van der Waals surface area contributed by atoms with E-state index in [4.69, 9.17) is 4.42 Å². The van der Waals surface area contributed by atoms with E-state index in [0.29, 0.717) is 23.1 Å². The first kappa shape index (κ1) is 21.3. The van der Waals surface area contributed by atoms with Crippen LogP contribution >= 0.6 is 0 Å². The topological polar surface area (TPSA) is 132 Å². The lowest BCUT2D eigenvalue weighted by Crippen LogP contribution is -2.41. The van der Waals surface area contributed by atoms with Gasteiger partial charge in [0.15, 0.2) is 5.58 Å². The van der Waals surface area contributed by atoms with Crippen molar-refractivity contribution in [1.82, 2.24) is 20.6 Å². The number of hydrogen-bond donors (Lipinski definition) is 3. The number of hydrogen-bond acceptors (Lipinski definition) is 7. The van der Waals surface area contributed by atoms with Crippen LogP contribution in [0.25, 0.3) is 11.1 Å². The Morgan fingerprint density at radius 3 is 2.74 bits per heavy atom. The Kier molecular flexibility index (Phi) is 5.50. The van der Waals surface area contributed by atoms with Crippen molar-refractivity contribution in [2.24, 2.45) is 10.1 Å². The number of rotatable bonds is 6. The highest BCUT2D eigenvalue weighted by Crippen LogP contribution is 2.23. The van der Waals surface area contributed by atoms with Gasteiger partial charge in [0.25, 0.3) is 11.8 Å². The van der Waals surface area contributed by atoms with E-state index in [2.05, 4.69) is 25.7 Å². The van der Waals surface area contributed by atoms with Gasteiger partial charge in [-0.25, -0.2) is 14.2 Å². The number of amides is 2. The highest BCUT2D eigenvalue weighted by molar-refractivity contribution is 6.44. The minimum Gasteiger partial charge on any atom is -0.408 e. The van der Waals surface area contributed by atoms with Gasteiger partial charge in [0.05, 0.1) is 5.52 Å². The molecule has 0 saturated heterocycles. The summed E-state index contributed by atoms with van der Waals surface area (Å²) in [5.41, 5.74) is 2.58. The molecule has 0 aliphatic carbocycles. The Labute approximate surface area is 191 Å². The Hall–Kier alpha value is -4.54. The molecule has 5 rings (SSSR count). The molecule has 2 aliphatic heterocycles. The zero-order valence-electron chi connectivity index (χ0n) is 17.7. The number of H-pyrrole nitrogens is 1. The average Bonchev–Trinajstić information content (AvgIpc) is 3.45. The van der Waals surface area contributed by atoms with E-state index in [1.54, 1.807) is 36.5 Å². The molecule has 172 valence electrons. The molecular formula is C23H19FN6O4. The number of hydrazone groups is 1. The van der Waals surface area contributed by atoms with Crippen molar-refractivity contribution in [3.63, 3.8) is 0 Å². The number of aromatic amines is 1. The summed E-state index contributed by atoms with van der Waals surface area (Å²) in [7, 11) is 0. The first-order valence-corrected chi connectivity index (χ1v) is 10.5. The van der Waals surface area contributed by atoms with Crippen molar-refractivity contribution < 1.29 is 18.4 Å². The monoisotopic (exact) mass is 462 g/mol.